The summed E-state index contributed by atoms with van der Waals surface area (Å²) in [5.41, 5.74) is 4.36. The average molecular weight is 280 g/mol. The second-order valence-electron chi connectivity index (χ2n) is 5.22. The zero-order valence-electron chi connectivity index (χ0n) is 12.5. The molecule has 0 heterocycles. The molecule has 0 spiro atoms. The van der Waals surface area contributed by atoms with Crippen molar-refractivity contribution in [1.29, 1.82) is 0 Å². The number of hydrogen-bond acceptors (Lipinski definition) is 0. The van der Waals surface area contributed by atoms with Crippen molar-refractivity contribution in [2.75, 3.05) is 0 Å². The van der Waals surface area contributed by atoms with E-state index in [1.165, 1.54) is 36.1 Å². The predicted octanol–water partition coefficient (Wildman–Crippen LogP) is 6.20. The molecule has 0 amide bonds. The van der Waals surface area contributed by atoms with Gasteiger partial charge in [0.15, 0.2) is 0 Å². The van der Waals surface area contributed by atoms with Crippen LogP contribution in [-0.2, 0) is 0 Å². The minimum Gasteiger partial charge on any atom is -0.207 e. The molecule has 0 fully saturated rings. The predicted molar refractivity (Wildman–Crippen MR) is 90.3 cm³/mol. The van der Waals surface area contributed by atoms with Gasteiger partial charge in [-0.3, -0.25) is 0 Å². The third kappa shape index (κ3) is 4.71. The molecule has 1 heteroatoms. The lowest BCUT2D eigenvalue weighted by Gasteiger charge is -2.05. The minimum atomic E-state index is -0.209. The van der Waals surface area contributed by atoms with Crippen molar-refractivity contribution in [3.63, 3.8) is 0 Å². The number of hydrogen-bond donors (Lipinski definition) is 0. The van der Waals surface area contributed by atoms with Crippen LogP contribution < -0.4 is 0 Å². The van der Waals surface area contributed by atoms with Gasteiger partial charge >= 0.3 is 0 Å². The molecular formula is C20H21F. The first kappa shape index (κ1) is 15.2. The molecule has 0 aliphatic carbocycles. The monoisotopic (exact) mass is 280 g/mol. The Kier molecular flexibility index (Phi) is 5.51. The van der Waals surface area contributed by atoms with E-state index in [1.807, 2.05) is 18.2 Å². The Bertz CT molecular complexity index is 621. The van der Waals surface area contributed by atoms with E-state index in [1.54, 1.807) is 6.07 Å². The summed E-state index contributed by atoms with van der Waals surface area (Å²) in [6.45, 7) is 6.32. The Labute approximate surface area is 126 Å². The van der Waals surface area contributed by atoms with Crippen molar-refractivity contribution in [2.24, 2.45) is 0 Å². The van der Waals surface area contributed by atoms with Gasteiger partial charge in [-0.1, -0.05) is 68.5 Å². The highest BCUT2D eigenvalue weighted by Gasteiger charge is 1.98. The number of halogens is 1. The van der Waals surface area contributed by atoms with Crippen LogP contribution in [0.3, 0.4) is 0 Å². The van der Waals surface area contributed by atoms with E-state index in [-0.39, 0.29) is 5.82 Å². The van der Waals surface area contributed by atoms with E-state index < -0.39 is 0 Å². The first-order valence-electron chi connectivity index (χ1n) is 7.41. The van der Waals surface area contributed by atoms with E-state index in [0.29, 0.717) is 0 Å². The maximum absolute atomic E-state index is 13.1. The van der Waals surface area contributed by atoms with Crippen LogP contribution in [0.1, 0.15) is 42.9 Å². The zero-order chi connectivity index (χ0) is 15.1. The molecule has 0 radical (unpaired) electrons. The van der Waals surface area contributed by atoms with Gasteiger partial charge in [-0.15, -0.1) is 0 Å². The third-order valence-electron chi connectivity index (χ3n) is 3.47. The lowest BCUT2D eigenvalue weighted by atomic mass is 10.0. The van der Waals surface area contributed by atoms with Gasteiger partial charge in [0.05, 0.1) is 0 Å². The highest BCUT2D eigenvalue weighted by Crippen LogP contribution is 2.20. The molecule has 0 saturated carbocycles. The Balaban J connectivity index is 2.04. The van der Waals surface area contributed by atoms with Crippen LogP contribution in [0.15, 0.2) is 55.1 Å². The maximum Gasteiger partial charge on any atom is 0.123 e. The fourth-order valence-electron chi connectivity index (χ4n) is 2.17. The Hall–Kier alpha value is -2.15. The summed E-state index contributed by atoms with van der Waals surface area (Å²) in [6.07, 6.45) is 7.33. The fraction of sp³-hybridized carbons (Fsp3) is 0.200. The molecular weight excluding hydrogens is 259 g/mol. The van der Waals surface area contributed by atoms with Crippen LogP contribution in [0.25, 0.3) is 17.7 Å². The van der Waals surface area contributed by atoms with Crippen molar-refractivity contribution in [2.45, 2.75) is 26.2 Å². The summed E-state index contributed by atoms with van der Waals surface area (Å²) < 4.78 is 13.1. The van der Waals surface area contributed by atoms with Gasteiger partial charge in [-0.25, -0.2) is 4.39 Å². The van der Waals surface area contributed by atoms with Crippen LogP contribution in [0.5, 0.6) is 0 Å². The van der Waals surface area contributed by atoms with Gasteiger partial charge < -0.3 is 0 Å². The van der Waals surface area contributed by atoms with E-state index in [4.69, 9.17) is 0 Å². The van der Waals surface area contributed by atoms with Gasteiger partial charge in [0.1, 0.15) is 5.82 Å². The lowest BCUT2D eigenvalue weighted by Crippen LogP contribution is -1.84. The standard InChI is InChI=1S/C20H21F/c1-3-4-6-16(2)19-13-11-17(12-14-19)9-10-18-7-5-8-20(21)15-18/h5,7-15H,2-4,6H2,1H3/b10-9+. The molecule has 0 aliphatic rings. The first-order valence-corrected chi connectivity index (χ1v) is 7.41. The van der Waals surface area contributed by atoms with Gasteiger partial charge in [0.2, 0.25) is 0 Å². The normalized spacial score (nSPS) is 11.0. The number of unbranched alkanes of at least 4 members (excludes halogenated alkanes) is 1. The van der Waals surface area contributed by atoms with Crippen LogP contribution >= 0.6 is 0 Å². The fourth-order valence-corrected chi connectivity index (χ4v) is 2.17. The van der Waals surface area contributed by atoms with Crippen molar-refractivity contribution in [3.8, 4) is 0 Å². The Morgan fingerprint density at radius 2 is 1.76 bits per heavy atom. The summed E-state index contributed by atoms with van der Waals surface area (Å²) >= 11 is 0. The Morgan fingerprint density at radius 3 is 2.43 bits per heavy atom. The molecule has 2 rings (SSSR count). The summed E-state index contributed by atoms with van der Waals surface area (Å²) in [4.78, 5) is 0. The largest absolute Gasteiger partial charge is 0.207 e. The molecule has 0 atom stereocenters. The molecule has 0 aliphatic heterocycles. The van der Waals surface area contributed by atoms with Crippen LogP contribution in [-0.4, -0.2) is 0 Å². The zero-order valence-corrected chi connectivity index (χ0v) is 12.5. The van der Waals surface area contributed by atoms with E-state index >= 15 is 0 Å². The second kappa shape index (κ2) is 7.58. The third-order valence-corrected chi connectivity index (χ3v) is 3.47. The molecule has 0 unspecified atom stereocenters. The Morgan fingerprint density at radius 1 is 1.05 bits per heavy atom. The number of rotatable bonds is 6. The molecule has 0 aromatic heterocycles. The summed E-state index contributed by atoms with van der Waals surface area (Å²) in [5, 5.41) is 0. The van der Waals surface area contributed by atoms with Gasteiger partial charge in [0, 0.05) is 0 Å². The molecule has 108 valence electrons. The molecule has 0 nitrogen and oxygen atoms in total. The van der Waals surface area contributed by atoms with Gasteiger partial charge in [-0.05, 0) is 47.2 Å². The van der Waals surface area contributed by atoms with Crippen LogP contribution in [0.4, 0.5) is 4.39 Å². The maximum atomic E-state index is 13.1. The summed E-state index contributed by atoms with van der Waals surface area (Å²) in [5.74, 6) is -0.209. The lowest BCUT2D eigenvalue weighted by molar-refractivity contribution is 0.627. The van der Waals surface area contributed by atoms with Crippen molar-refractivity contribution >= 4 is 17.7 Å². The molecule has 0 bridgehead atoms. The molecule has 21 heavy (non-hydrogen) atoms. The van der Waals surface area contributed by atoms with E-state index in [9.17, 15) is 4.39 Å². The average Bonchev–Trinajstić information content (AvgIpc) is 2.51. The highest BCUT2D eigenvalue weighted by molar-refractivity contribution is 5.71. The summed E-state index contributed by atoms with van der Waals surface area (Å²) in [6, 6.07) is 14.9. The summed E-state index contributed by atoms with van der Waals surface area (Å²) in [7, 11) is 0. The quantitative estimate of drug-likeness (QED) is 0.553. The molecule has 2 aromatic carbocycles. The highest BCUT2D eigenvalue weighted by atomic mass is 19.1. The smallest absolute Gasteiger partial charge is 0.123 e. The molecule has 0 N–H and O–H groups in total. The number of benzene rings is 2. The van der Waals surface area contributed by atoms with Gasteiger partial charge in [-0.2, -0.15) is 0 Å². The van der Waals surface area contributed by atoms with Crippen molar-refractivity contribution < 1.29 is 4.39 Å². The van der Waals surface area contributed by atoms with E-state index in [2.05, 4.69) is 37.8 Å². The minimum absolute atomic E-state index is 0.209. The molecule has 2 aromatic rings. The van der Waals surface area contributed by atoms with Gasteiger partial charge in [0.25, 0.3) is 0 Å². The second-order valence-corrected chi connectivity index (χ2v) is 5.22. The van der Waals surface area contributed by atoms with Crippen LogP contribution in [0, 0.1) is 5.82 Å². The van der Waals surface area contributed by atoms with Crippen molar-refractivity contribution in [3.05, 3.63) is 77.6 Å². The molecule has 0 saturated heterocycles. The topological polar surface area (TPSA) is 0 Å². The first-order chi connectivity index (χ1) is 10.2. The van der Waals surface area contributed by atoms with Crippen LogP contribution in [0.2, 0.25) is 0 Å². The SMILES string of the molecule is C=C(CCCC)c1ccc(/C=C/c2cccc(F)c2)cc1. The van der Waals surface area contributed by atoms with E-state index in [0.717, 1.165) is 17.5 Å². The number of allylic oxidation sites excluding steroid dienone is 1. The van der Waals surface area contributed by atoms with Crippen molar-refractivity contribution in [1.82, 2.24) is 0 Å².